The molecule has 0 spiro atoms. The lowest BCUT2D eigenvalue weighted by Gasteiger charge is -2.26. The Morgan fingerprint density at radius 3 is 2.74 bits per heavy atom. The number of aromatic hydroxyl groups is 1. The van der Waals surface area contributed by atoms with Gasteiger partial charge in [-0.2, -0.15) is 10.4 Å². The molecule has 0 fully saturated rings. The van der Waals surface area contributed by atoms with Crippen LogP contribution in [0, 0.1) is 17.1 Å². The molecule has 0 saturated heterocycles. The SMILES string of the molecule is C[C@H](c1nc(C(=O)Nc2cnoc2)c(O)c(=O)n1C)[C@@H](c1cnn(CC(F)F)c1)c1cc(F)ccc1C#N. The molecule has 38 heavy (non-hydrogen) atoms. The molecule has 3 heterocycles. The molecule has 0 aliphatic heterocycles. The van der Waals surface area contributed by atoms with Crippen LogP contribution in [0.2, 0.25) is 0 Å². The molecule has 0 unspecified atom stereocenters. The van der Waals surface area contributed by atoms with E-state index in [2.05, 4.69) is 25.1 Å². The number of halogens is 3. The van der Waals surface area contributed by atoms with E-state index in [1.807, 2.05) is 6.07 Å². The van der Waals surface area contributed by atoms with Gasteiger partial charge in [0.05, 0.1) is 24.0 Å². The van der Waals surface area contributed by atoms with E-state index in [4.69, 9.17) is 0 Å². The van der Waals surface area contributed by atoms with Gasteiger partial charge in [-0.25, -0.2) is 18.2 Å². The van der Waals surface area contributed by atoms with Gasteiger partial charge in [-0.15, -0.1) is 0 Å². The predicted octanol–water partition coefficient (Wildman–Crippen LogP) is 3.13. The first-order valence-corrected chi connectivity index (χ1v) is 11.1. The maximum Gasteiger partial charge on any atom is 0.296 e. The zero-order chi connectivity index (χ0) is 27.6. The molecule has 2 atom stereocenters. The fourth-order valence-corrected chi connectivity index (χ4v) is 4.19. The highest BCUT2D eigenvalue weighted by molar-refractivity contribution is 6.04. The molecule has 11 nitrogen and oxygen atoms in total. The number of nitriles is 1. The Balaban J connectivity index is 1.87. The largest absolute Gasteiger partial charge is 0.501 e. The lowest BCUT2D eigenvalue weighted by Crippen LogP contribution is -2.29. The van der Waals surface area contributed by atoms with Crippen molar-refractivity contribution < 1.29 is 27.6 Å². The summed E-state index contributed by atoms with van der Waals surface area (Å²) in [5.41, 5.74) is -0.770. The number of anilines is 1. The van der Waals surface area contributed by atoms with Crippen LogP contribution >= 0.6 is 0 Å². The van der Waals surface area contributed by atoms with Crippen LogP contribution in [0.15, 0.2) is 52.4 Å². The molecule has 0 bridgehead atoms. The number of nitrogens with zero attached hydrogens (tertiary/aromatic N) is 6. The number of carbonyl (C=O) groups excluding carboxylic acids is 1. The minimum Gasteiger partial charge on any atom is -0.501 e. The second kappa shape index (κ2) is 10.6. The predicted molar refractivity (Wildman–Crippen MR) is 125 cm³/mol. The van der Waals surface area contributed by atoms with Crippen molar-refractivity contribution in [1.82, 2.24) is 24.5 Å². The van der Waals surface area contributed by atoms with E-state index in [-0.39, 0.29) is 22.6 Å². The summed E-state index contributed by atoms with van der Waals surface area (Å²) in [6.07, 6.45) is 2.26. The van der Waals surface area contributed by atoms with Crippen molar-refractivity contribution in [3.8, 4) is 11.8 Å². The quantitative estimate of drug-likeness (QED) is 0.355. The number of amides is 1. The third kappa shape index (κ3) is 5.12. The van der Waals surface area contributed by atoms with Crippen LogP contribution in [0.5, 0.6) is 5.75 Å². The van der Waals surface area contributed by atoms with Gasteiger partial charge in [-0.05, 0) is 29.3 Å². The molecule has 2 N–H and O–H groups in total. The highest BCUT2D eigenvalue weighted by atomic mass is 19.3. The highest BCUT2D eigenvalue weighted by Gasteiger charge is 2.32. The standard InChI is InChI=1S/C24H20F3N7O4/c1-12(22-32-20(21(35)24(37)33(22)2)23(36)31-16-8-30-38-11-16)19(14-7-29-34(9-14)10-18(26)27)17-5-15(25)4-3-13(17)6-28/h3-5,7-9,11-12,18-19,35H,10H2,1-2H3,(H,31,36)/t12-,19-/m0/s1. The second-order valence-electron chi connectivity index (χ2n) is 8.40. The summed E-state index contributed by atoms with van der Waals surface area (Å²) in [7, 11) is 1.32. The number of carbonyl (C=O) groups is 1. The number of hydrogen-bond acceptors (Lipinski definition) is 8. The Morgan fingerprint density at radius 2 is 2.08 bits per heavy atom. The number of rotatable bonds is 8. The van der Waals surface area contributed by atoms with Crippen molar-refractivity contribution in [3.63, 3.8) is 0 Å². The second-order valence-corrected chi connectivity index (χ2v) is 8.40. The van der Waals surface area contributed by atoms with Crippen molar-refractivity contribution >= 4 is 11.6 Å². The van der Waals surface area contributed by atoms with Gasteiger partial charge in [0.15, 0.2) is 5.69 Å². The first kappa shape index (κ1) is 26.1. The molecule has 196 valence electrons. The van der Waals surface area contributed by atoms with E-state index < -0.39 is 53.5 Å². The van der Waals surface area contributed by atoms with Crippen LogP contribution in [-0.2, 0) is 13.6 Å². The zero-order valence-electron chi connectivity index (χ0n) is 20.0. The van der Waals surface area contributed by atoms with E-state index in [0.29, 0.717) is 5.56 Å². The minimum absolute atomic E-state index is 0.0111. The lowest BCUT2D eigenvalue weighted by atomic mass is 9.80. The Kier molecular flexibility index (Phi) is 7.28. The van der Waals surface area contributed by atoms with Gasteiger partial charge in [0.2, 0.25) is 5.75 Å². The Hall–Kier alpha value is -4.93. The summed E-state index contributed by atoms with van der Waals surface area (Å²) in [6.45, 7) is 0.903. The van der Waals surface area contributed by atoms with Crippen molar-refractivity contribution in [2.75, 3.05) is 5.32 Å². The van der Waals surface area contributed by atoms with Gasteiger partial charge in [0.25, 0.3) is 17.9 Å². The van der Waals surface area contributed by atoms with Crippen molar-refractivity contribution in [2.45, 2.75) is 31.7 Å². The lowest BCUT2D eigenvalue weighted by molar-refractivity contribution is 0.101. The first-order valence-electron chi connectivity index (χ1n) is 11.1. The highest BCUT2D eigenvalue weighted by Crippen LogP contribution is 2.39. The maximum absolute atomic E-state index is 14.4. The van der Waals surface area contributed by atoms with Gasteiger partial charge in [0, 0.05) is 25.1 Å². The Morgan fingerprint density at radius 1 is 1.32 bits per heavy atom. The topological polar surface area (TPSA) is 152 Å². The monoisotopic (exact) mass is 527 g/mol. The summed E-state index contributed by atoms with van der Waals surface area (Å²) in [4.78, 5) is 29.9. The van der Waals surface area contributed by atoms with Crippen LogP contribution in [0.4, 0.5) is 18.9 Å². The number of nitrogens with one attached hydrogen (secondary N) is 1. The zero-order valence-corrected chi connectivity index (χ0v) is 20.0. The fourth-order valence-electron chi connectivity index (χ4n) is 4.19. The van der Waals surface area contributed by atoms with Gasteiger partial charge in [-0.1, -0.05) is 12.1 Å². The van der Waals surface area contributed by atoms with Crippen molar-refractivity contribution in [3.05, 3.63) is 87.4 Å². The summed E-state index contributed by atoms with van der Waals surface area (Å²) in [5, 5.41) is 29.9. The van der Waals surface area contributed by atoms with Crippen LogP contribution < -0.4 is 10.9 Å². The molecule has 0 saturated carbocycles. The van der Waals surface area contributed by atoms with Gasteiger partial charge in [-0.3, -0.25) is 18.8 Å². The van der Waals surface area contributed by atoms with Gasteiger partial charge < -0.3 is 14.9 Å². The summed E-state index contributed by atoms with van der Waals surface area (Å²) in [5.74, 6) is -4.28. The van der Waals surface area contributed by atoms with E-state index >= 15 is 0 Å². The van der Waals surface area contributed by atoms with Crippen LogP contribution in [0.25, 0.3) is 0 Å². The van der Waals surface area contributed by atoms with Crippen molar-refractivity contribution in [1.29, 1.82) is 5.26 Å². The molecule has 0 aliphatic rings. The van der Waals surface area contributed by atoms with Crippen LogP contribution in [-0.4, -0.2) is 41.9 Å². The Bertz CT molecular complexity index is 1570. The van der Waals surface area contributed by atoms with Crippen molar-refractivity contribution in [2.24, 2.45) is 7.05 Å². The summed E-state index contributed by atoms with van der Waals surface area (Å²) >= 11 is 0. The molecule has 1 aromatic carbocycles. The maximum atomic E-state index is 14.4. The smallest absolute Gasteiger partial charge is 0.296 e. The molecular weight excluding hydrogens is 507 g/mol. The van der Waals surface area contributed by atoms with Crippen LogP contribution in [0.3, 0.4) is 0 Å². The average Bonchev–Trinajstić information content (AvgIpc) is 3.55. The third-order valence-electron chi connectivity index (χ3n) is 5.92. The van der Waals surface area contributed by atoms with E-state index in [0.717, 1.165) is 27.6 Å². The van der Waals surface area contributed by atoms with E-state index in [9.17, 15) is 33.1 Å². The third-order valence-corrected chi connectivity index (χ3v) is 5.92. The molecular formula is C24H20F3N7O4. The van der Waals surface area contributed by atoms with Crippen LogP contribution in [0.1, 0.15) is 51.8 Å². The normalized spacial score (nSPS) is 12.8. The van der Waals surface area contributed by atoms with Gasteiger partial charge in [0.1, 0.15) is 30.1 Å². The first-order chi connectivity index (χ1) is 18.1. The molecule has 1 amide bonds. The number of hydrogen-bond donors (Lipinski definition) is 2. The molecule has 4 aromatic rings. The Labute approximate surface area is 212 Å². The van der Waals surface area contributed by atoms with Gasteiger partial charge >= 0.3 is 0 Å². The molecule has 0 radical (unpaired) electrons. The number of alkyl halides is 2. The number of aromatic nitrogens is 5. The fraction of sp³-hybridized carbons (Fsp3) is 0.250. The number of benzene rings is 1. The minimum atomic E-state index is -2.69. The summed E-state index contributed by atoms with van der Waals surface area (Å²) in [6, 6.07) is 5.49. The molecule has 14 heteroatoms. The molecule has 4 rings (SSSR count). The van der Waals surface area contributed by atoms with E-state index in [1.165, 1.54) is 31.7 Å². The molecule has 3 aromatic heterocycles. The molecule has 0 aliphatic carbocycles. The summed E-state index contributed by atoms with van der Waals surface area (Å²) < 4.78 is 47.0. The van der Waals surface area contributed by atoms with E-state index in [1.54, 1.807) is 6.92 Å². The average molecular weight is 527 g/mol.